The fraction of sp³-hybridized carbons (Fsp3) is 0.350. The maximum absolute atomic E-state index is 14.2. The summed E-state index contributed by atoms with van der Waals surface area (Å²) >= 11 is 3.13. The molecule has 0 aromatic heterocycles. The minimum atomic E-state index is -3.20. The summed E-state index contributed by atoms with van der Waals surface area (Å²) in [6.45, 7) is 3.27. The highest BCUT2D eigenvalue weighted by Gasteiger charge is 2.23. The van der Waals surface area contributed by atoms with Crippen LogP contribution in [0.4, 0.5) is 4.39 Å². The highest BCUT2D eigenvalue weighted by molar-refractivity contribution is 9.10. The van der Waals surface area contributed by atoms with E-state index in [9.17, 15) is 17.6 Å². The first-order valence-electron chi connectivity index (χ1n) is 9.00. The molecule has 0 aliphatic carbocycles. The van der Waals surface area contributed by atoms with Gasteiger partial charge in [0.25, 0.3) is 5.91 Å². The van der Waals surface area contributed by atoms with Gasteiger partial charge in [0, 0.05) is 39.0 Å². The van der Waals surface area contributed by atoms with Crippen LogP contribution in [0.1, 0.15) is 22.3 Å². The second kappa shape index (κ2) is 8.71. The molecule has 3 rings (SSSR count). The average Bonchev–Trinajstić information content (AvgIpc) is 2.89. The Morgan fingerprint density at radius 2 is 1.79 bits per heavy atom. The lowest BCUT2D eigenvalue weighted by Gasteiger charge is -2.22. The standard InChI is InChI=1S/C20H22BrFN2O3S/c1-28(26,27)16-8-6-15(7-9-16)14-23-10-3-11-24(13-12-23)20(25)17-4-2-5-18(21)19(17)22/h2,4-9H,3,10-14H2,1H3. The van der Waals surface area contributed by atoms with Crippen molar-refractivity contribution in [2.24, 2.45) is 0 Å². The molecule has 28 heavy (non-hydrogen) atoms. The van der Waals surface area contributed by atoms with Crippen molar-refractivity contribution in [3.05, 3.63) is 63.9 Å². The van der Waals surface area contributed by atoms with Crippen molar-refractivity contribution >= 4 is 31.7 Å². The SMILES string of the molecule is CS(=O)(=O)c1ccc(CN2CCCN(C(=O)c3cccc(Br)c3F)CC2)cc1. The van der Waals surface area contributed by atoms with Gasteiger partial charge in [-0.2, -0.15) is 0 Å². The molecule has 1 fully saturated rings. The van der Waals surface area contributed by atoms with Gasteiger partial charge >= 0.3 is 0 Å². The van der Waals surface area contributed by atoms with Gasteiger partial charge in [0.15, 0.2) is 9.84 Å². The Bertz CT molecular complexity index is 964. The number of nitrogens with zero attached hydrogens (tertiary/aromatic N) is 2. The molecule has 1 aliphatic heterocycles. The number of halogens is 2. The van der Waals surface area contributed by atoms with Crippen molar-refractivity contribution in [2.45, 2.75) is 17.9 Å². The predicted octanol–water partition coefficient (Wildman–Crippen LogP) is 3.34. The third-order valence-electron chi connectivity index (χ3n) is 4.82. The Labute approximate surface area is 173 Å². The van der Waals surface area contributed by atoms with E-state index in [4.69, 9.17) is 0 Å². The number of carbonyl (C=O) groups is 1. The lowest BCUT2D eigenvalue weighted by atomic mass is 10.2. The summed E-state index contributed by atoms with van der Waals surface area (Å²) in [6, 6.07) is 11.6. The minimum absolute atomic E-state index is 0.0826. The van der Waals surface area contributed by atoms with Gasteiger partial charge in [0.2, 0.25) is 0 Å². The Kier molecular flexibility index (Phi) is 6.52. The summed E-state index contributed by atoms with van der Waals surface area (Å²) in [6.07, 6.45) is 1.99. The molecule has 5 nitrogen and oxygen atoms in total. The lowest BCUT2D eigenvalue weighted by molar-refractivity contribution is 0.0756. The zero-order valence-electron chi connectivity index (χ0n) is 15.6. The number of amides is 1. The maximum atomic E-state index is 14.2. The van der Waals surface area contributed by atoms with Crippen molar-refractivity contribution in [1.29, 1.82) is 0 Å². The monoisotopic (exact) mass is 468 g/mol. The van der Waals surface area contributed by atoms with Crippen LogP contribution in [0.5, 0.6) is 0 Å². The smallest absolute Gasteiger partial charge is 0.256 e. The molecule has 2 aromatic carbocycles. The van der Waals surface area contributed by atoms with Crippen molar-refractivity contribution in [3.8, 4) is 0 Å². The summed E-state index contributed by atoms with van der Waals surface area (Å²) in [7, 11) is -3.20. The van der Waals surface area contributed by atoms with Gasteiger partial charge in [-0.3, -0.25) is 9.69 Å². The van der Waals surface area contributed by atoms with Crippen molar-refractivity contribution in [1.82, 2.24) is 9.80 Å². The fourth-order valence-electron chi connectivity index (χ4n) is 3.27. The molecule has 0 N–H and O–H groups in total. The van der Waals surface area contributed by atoms with Gasteiger partial charge in [-0.25, -0.2) is 12.8 Å². The summed E-state index contributed by atoms with van der Waals surface area (Å²) < 4.78 is 37.7. The van der Waals surface area contributed by atoms with Crippen molar-refractivity contribution in [2.75, 3.05) is 32.4 Å². The molecule has 2 aromatic rings. The number of benzene rings is 2. The van der Waals surface area contributed by atoms with E-state index >= 15 is 0 Å². The summed E-state index contributed by atoms with van der Waals surface area (Å²) in [5.74, 6) is -0.822. The first kappa shape index (κ1) is 21.0. The van der Waals surface area contributed by atoms with Gasteiger partial charge in [0.1, 0.15) is 5.82 Å². The third kappa shape index (κ3) is 4.98. The topological polar surface area (TPSA) is 57.7 Å². The second-order valence-corrected chi connectivity index (χ2v) is 9.81. The molecule has 0 atom stereocenters. The Morgan fingerprint density at radius 1 is 1.07 bits per heavy atom. The molecular weight excluding hydrogens is 447 g/mol. The zero-order chi connectivity index (χ0) is 20.3. The molecule has 0 radical (unpaired) electrons. The van der Waals surface area contributed by atoms with Crippen LogP contribution in [0.2, 0.25) is 0 Å². The highest BCUT2D eigenvalue weighted by atomic mass is 79.9. The number of hydrogen-bond donors (Lipinski definition) is 0. The molecular formula is C20H22BrFN2O3S. The third-order valence-corrected chi connectivity index (χ3v) is 6.56. The van der Waals surface area contributed by atoms with Crippen LogP contribution in [0.15, 0.2) is 51.8 Å². The van der Waals surface area contributed by atoms with Crippen LogP contribution in [0, 0.1) is 5.82 Å². The van der Waals surface area contributed by atoms with E-state index in [0.717, 1.165) is 18.5 Å². The molecule has 1 heterocycles. The van der Waals surface area contributed by atoms with E-state index in [-0.39, 0.29) is 15.9 Å². The molecule has 0 saturated carbocycles. The number of sulfone groups is 1. The second-order valence-electron chi connectivity index (χ2n) is 6.94. The zero-order valence-corrected chi connectivity index (χ0v) is 18.0. The van der Waals surface area contributed by atoms with Crippen LogP contribution in [0.25, 0.3) is 0 Å². The van der Waals surface area contributed by atoms with E-state index in [1.54, 1.807) is 29.2 Å². The van der Waals surface area contributed by atoms with E-state index < -0.39 is 15.7 Å². The number of carbonyl (C=O) groups excluding carboxylic acids is 1. The van der Waals surface area contributed by atoms with E-state index in [1.807, 2.05) is 12.1 Å². The molecule has 0 bridgehead atoms. The number of hydrogen-bond acceptors (Lipinski definition) is 4. The largest absolute Gasteiger partial charge is 0.337 e. The normalized spacial score (nSPS) is 16.0. The number of rotatable bonds is 4. The van der Waals surface area contributed by atoms with Gasteiger partial charge in [-0.15, -0.1) is 0 Å². The van der Waals surface area contributed by atoms with Crippen molar-refractivity contribution in [3.63, 3.8) is 0 Å². The summed E-state index contributed by atoms with van der Waals surface area (Å²) in [5.41, 5.74) is 1.10. The molecule has 1 aliphatic rings. The lowest BCUT2D eigenvalue weighted by Crippen LogP contribution is -2.35. The summed E-state index contributed by atoms with van der Waals surface area (Å²) in [4.78, 5) is 16.9. The molecule has 0 spiro atoms. The van der Waals surface area contributed by atoms with Crippen molar-refractivity contribution < 1.29 is 17.6 Å². The first-order valence-corrected chi connectivity index (χ1v) is 11.7. The van der Waals surface area contributed by atoms with Crippen LogP contribution in [-0.2, 0) is 16.4 Å². The van der Waals surface area contributed by atoms with Crippen LogP contribution in [0.3, 0.4) is 0 Å². The van der Waals surface area contributed by atoms with E-state index in [2.05, 4.69) is 20.8 Å². The first-order chi connectivity index (χ1) is 13.3. The van der Waals surface area contributed by atoms with Gasteiger partial charge < -0.3 is 4.90 Å². The quantitative estimate of drug-likeness (QED) is 0.690. The highest BCUT2D eigenvalue weighted by Crippen LogP contribution is 2.21. The molecule has 1 amide bonds. The molecule has 0 unspecified atom stereocenters. The predicted molar refractivity (Wildman–Crippen MR) is 109 cm³/mol. The fourth-order valence-corrected chi connectivity index (χ4v) is 4.27. The Balaban J connectivity index is 1.63. The van der Waals surface area contributed by atoms with Crippen LogP contribution in [-0.4, -0.2) is 56.6 Å². The minimum Gasteiger partial charge on any atom is -0.337 e. The van der Waals surface area contributed by atoms with Crippen LogP contribution >= 0.6 is 15.9 Å². The molecule has 1 saturated heterocycles. The Hall–Kier alpha value is -1.77. The van der Waals surface area contributed by atoms with Gasteiger partial charge in [-0.05, 0) is 52.2 Å². The molecule has 150 valence electrons. The van der Waals surface area contributed by atoms with Gasteiger partial charge in [0.05, 0.1) is 14.9 Å². The average molecular weight is 469 g/mol. The van der Waals surface area contributed by atoms with Gasteiger partial charge in [-0.1, -0.05) is 18.2 Å². The molecule has 8 heteroatoms. The summed E-state index contributed by atoms with van der Waals surface area (Å²) in [5, 5.41) is 0. The Morgan fingerprint density at radius 3 is 2.46 bits per heavy atom. The van der Waals surface area contributed by atoms with E-state index in [0.29, 0.717) is 31.1 Å². The maximum Gasteiger partial charge on any atom is 0.256 e. The van der Waals surface area contributed by atoms with E-state index in [1.165, 1.54) is 12.3 Å². The van der Waals surface area contributed by atoms with Crippen LogP contribution < -0.4 is 0 Å².